The standard InChI is InChI=1S/C10H14ClNO2S/c1-15(13,14)6-5-12-10-4-2-3-9(7-10)8-11/h2-4,7,12H,5-6,8H2,1H3. The molecule has 0 fully saturated rings. The maximum atomic E-state index is 10.9. The molecular weight excluding hydrogens is 234 g/mol. The van der Waals surface area contributed by atoms with E-state index in [1.165, 1.54) is 6.26 Å². The molecule has 0 atom stereocenters. The van der Waals surface area contributed by atoms with E-state index in [0.717, 1.165) is 11.3 Å². The number of hydrogen-bond acceptors (Lipinski definition) is 3. The Morgan fingerprint density at radius 1 is 1.40 bits per heavy atom. The van der Waals surface area contributed by atoms with Crippen LogP contribution < -0.4 is 5.32 Å². The molecular formula is C10H14ClNO2S. The molecule has 1 N–H and O–H groups in total. The molecule has 0 spiro atoms. The zero-order valence-corrected chi connectivity index (χ0v) is 10.1. The lowest BCUT2D eigenvalue weighted by Crippen LogP contribution is -2.14. The number of benzene rings is 1. The molecule has 5 heteroatoms. The summed E-state index contributed by atoms with van der Waals surface area (Å²) in [6, 6.07) is 7.61. The molecule has 0 heterocycles. The second kappa shape index (κ2) is 5.37. The van der Waals surface area contributed by atoms with Crippen molar-refractivity contribution in [2.45, 2.75) is 5.88 Å². The molecule has 0 aromatic heterocycles. The summed E-state index contributed by atoms with van der Waals surface area (Å²) in [5.41, 5.74) is 1.91. The van der Waals surface area contributed by atoms with Crippen LogP contribution in [0.5, 0.6) is 0 Å². The number of halogens is 1. The average molecular weight is 248 g/mol. The second-order valence-corrected chi connectivity index (χ2v) is 5.92. The maximum absolute atomic E-state index is 10.9. The van der Waals surface area contributed by atoms with Gasteiger partial charge in [-0.3, -0.25) is 0 Å². The van der Waals surface area contributed by atoms with Crippen LogP contribution in [0.4, 0.5) is 5.69 Å². The molecule has 1 rings (SSSR count). The minimum atomic E-state index is -2.90. The molecule has 1 aromatic carbocycles. The third-order valence-corrected chi connectivity index (χ3v) is 3.14. The van der Waals surface area contributed by atoms with Crippen molar-refractivity contribution in [2.75, 3.05) is 23.9 Å². The van der Waals surface area contributed by atoms with Crippen LogP contribution in [0.2, 0.25) is 0 Å². The van der Waals surface area contributed by atoms with Gasteiger partial charge in [-0.2, -0.15) is 0 Å². The van der Waals surface area contributed by atoms with Crippen LogP contribution in [-0.2, 0) is 15.7 Å². The number of rotatable bonds is 5. The smallest absolute Gasteiger partial charge is 0.149 e. The number of alkyl halides is 1. The monoisotopic (exact) mass is 247 g/mol. The van der Waals surface area contributed by atoms with Crippen LogP contribution in [0, 0.1) is 0 Å². The first-order valence-electron chi connectivity index (χ1n) is 4.58. The highest BCUT2D eigenvalue weighted by Gasteiger charge is 2.01. The Morgan fingerprint density at radius 2 is 2.13 bits per heavy atom. The average Bonchev–Trinajstić information content (AvgIpc) is 2.16. The molecule has 0 aliphatic heterocycles. The molecule has 0 aliphatic rings. The van der Waals surface area contributed by atoms with E-state index in [9.17, 15) is 8.42 Å². The number of anilines is 1. The van der Waals surface area contributed by atoms with Gasteiger partial charge in [-0.05, 0) is 17.7 Å². The van der Waals surface area contributed by atoms with Crippen LogP contribution >= 0.6 is 11.6 Å². The third-order valence-electron chi connectivity index (χ3n) is 1.88. The van der Waals surface area contributed by atoms with E-state index in [0.29, 0.717) is 12.4 Å². The number of nitrogens with one attached hydrogen (secondary N) is 1. The lowest BCUT2D eigenvalue weighted by atomic mass is 10.2. The highest BCUT2D eigenvalue weighted by atomic mass is 35.5. The molecule has 84 valence electrons. The molecule has 0 saturated heterocycles. The molecule has 15 heavy (non-hydrogen) atoms. The molecule has 0 unspecified atom stereocenters. The van der Waals surface area contributed by atoms with Crippen LogP contribution in [-0.4, -0.2) is 27.0 Å². The fraction of sp³-hybridized carbons (Fsp3) is 0.400. The van der Waals surface area contributed by atoms with Crippen molar-refractivity contribution in [3.05, 3.63) is 29.8 Å². The zero-order valence-electron chi connectivity index (χ0n) is 8.53. The predicted octanol–water partition coefficient (Wildman–Crippen LogP) is 1.88. The van der Waals surface area contributed by atoms with E-state index < -0.39 is 9.84 Å². The third kappa shape index (κ3) is 5.04. The van der Waals surface area contributed by atoms with Gasteiger partial charge in [0.2, 0.25) is 0 Å². The molecule has 1 aromatic rings. The summed E-state index contributed by atoms with van der Waals surface area (Å²) in [7, 11) is -2.90. The Morgan fingerprint density at radius 3 is 2.73 bits per heavy atom. The Labute approximate surface area is 95.4 Å². The number of hydrogen-bond donors (Lipinski definition) is 1. The highest BCUT2D eigenvalue weighted by molar-refractivity contribution is 7.90. The van der Waals surface area contributed by atoms with Crippen molar-refractivity contribution < 1.29 is 8.42 Å². The SMILES string of the molecule is CS(=O)(=O)CCNc1cccc(CCl)c1. The summed E-state index contributed by atoms with van der Waals surface area (Å²) in [4.78, 5) is 0. The van der Waals surface area contributed by atoms with Crippen LogP contribution in [0.25, 0.3) is 0 Å². The topological polar surface area (TPSA) is 46.2 Å². The summed E-state index contributed by atoms with van der Waals surface area (Å²) in [6.45, 7) is 0.421. The lowest BCUT2D eigenvalue weighted by Gasteiger charge is -2.06. The normalized spacial score (nSPS) is 11.3. The fourth-order valence-electron chi connectivity index (χ4n) is 1.15. The van der Waals surface area contributed by atoms with Crippen molar-refractivity contribution in [3.8, 4) is 0 Å². The van der Waals surface area contributed by atoms with Gasteiger partial charge in [0.15, 0.2) is 0 Å². The molecule has 0 bridgehead atoms. The summed E-state index contributed by atoms with van der Waals surface area (Å²) in [5, 5.41) is 3.04. The van der Waals surface area contributed by atoms with Crippen molar-refractivity contribution in [3.63, 3.8) is 0 Å². The molecule has 0 radical (unpaired) electrons. The van der Waals surface area contributed by atoms with E-state index >= 15 is 0 Å². The van der Waals surface area contributed by atoms with Crippen molar-refractivity contribution in [2.24, 2.45) is 0 Å². The van der Waals surface area contributed by atoms with Crippen LogP contribution in [0.15, 0.2) is 24.3 Å². The Bertz CT molecular complexity index is 417. The minimum absolute atomic E-state index is 0.137. The van der Waals surface area contributed by atoms with Gasteiger partial charge in [-0.1, -0.05) is 12.1 Å². The van der Waals surface area contributed by atoms with Crippen molar-refractivity contribution >= 4 is 27.1 Å². The summed E-state index contributed by atoms with van der Waals surface area (Å²) < 4.78 is 21.8. The lowest BCUT2D eigenvalue weighted by molar-refractivity contribution is 0.602. The van der Waals surface area contributed by atoms with Crippen LogP contribution in [0.1, 0.15) is 5.56 Å². The first kappa shape index (κ1) is 12.3. The second-order valence-electron chi connectivity index (χ2n) is 3.39. The summed E-state index contributed by atoms with van der Waals surface area (Å²) >= 11 is 5.68. The van der Waals surface area contributed by atoms with Crippen molar-refractivity contribution in [1.29, 1.82) is 0 Å². The zero-order chi connectivity index (χ0) is 11.3. The largest absolute Gasteiger partial charge is 0.384 e. The maximum Gasteiger partial charge on any atom is 0.149 e. The van der Waals surface area contributed by atoms with E-state index in [2.05, 4.69) is 5.32 Å². The van der Waals surface area contributed by atoms with Gasteiger partial charge in [0.1, 0.15) is 9.84 Å². The number of sulfone groups is 1. The predicted molar refractivity (Wildman–Crippen MR) is 64.2 cm³/mol. The van der Waals surface area contributed by atoms with E-state index in [-0.39, 0.29) is 5.75 Å². The van der Waals surface area contributed by atoms with Gasteiger partial charge in [-0.25, -0.2) is 8.42 Å². The first-order valence-corrected chi connectivity index (χ1v) is 7.17. The van der Waals surface area contributed by atoms with Gasteiger partial charge < -0.3 is 5.32 Å². The molecule has 3 nitrogen and oxygen atoms in total. The highest BCUT2D eigenvalue weighted by Crippen LogP contribution is 2.11. The van der Waals surface area contributed by atoms with Crippen molar-refractivity contribution in [1.82, 2.24) is 0 Å². The van der Waals surface area contributed by atoms with Crippen LogP contribution in [0.3, 0.4) is 0 Å². The van der Waals surface area contributed by atoms with E-state index in [1.54, 1.807) is 0 Å². The molecule has 0 aliphatic carbocycles. The summed E-state index contributed by atoms with van der Waals surface area (Å²) in [6.07, 6.45) is 1.23. The fourth-order valence-corrected chi connectivity index (χ4v) is 1.78. The Balaban J connectivity index is 2.51. The summed E-state index contributed by atoms with van der Waals surface area (Å²) in [5.74, 6) is 0.597. The minimum Gasteiger partial charge on any atom is -0.384 e. The van der Waals surface area contributed by atoms with Gasteiger partial charge in [0.25, 0.3) is 0 Å². The van der Waals surface area contributed by atoms with Gasteiger partial charge in [0.05, 0.1) is 5.75 Å². The van der Waals surface area contributed by atoms with Gasteiger partial charge >= 0.3 is 0 Å². The Kier molecular flexibility index (Phi) is 4.42. The van der Waals surface area contributed by atoms with Gasteiger partial charge in [0, 0.05) is 24.4 Å². The Hall–Kier alpha value is -0.740. The quantitative estimate of drug-likeness (QED) is 0.809. The van der Waals surface area contributed by atoms with E-state index in [1.807, 2.05) is 24.3 Å². The molecule has 0 saturated carbocycles. The first-order chi connectivity index (χ1) is 7.01. The van der Waals surface area contributed by atoms with E-state index in [4.69, 9.17) is 11.6 Å². The van der Waals surface area contributed by atoms with Gasteiger partial charge in [-0.15, -0.1) is 11.6 Å². The molecule has 0 amide bonds.